The lowest BCUT2D eigenvalue weighted by atomic mass is 10.1. The summed E-state index contributed by atoms with van der Waals surface area (Å²) >= 11 is 5.17. The fraction of sp³-hybridized carbons (Fsp3) is 0.267. The van der Waals surface area contributed by atoms with Gasteiger partial charge in [0.15, 0.2) is 5.11 Å². The van der Waals surface area contributed by atoms with Gasteiger partial charge in [0, 0.05) is 25.2 Å². The van der Waals surface area contributed by atoms with Crippen molar-refractivity contribution < 1.29 is 14.5 Å². The van der Waals surface area contributed by atoms with Gasteiger partial charge in [-0.3, -0.25) is 29.5 Å². The molecule has 1 aromatic carbocycles. The highest BCUT2D eigenvalue weighted by Crippen LogP contribution is 2.21. The Morgan fingerprint density at radius 2 is 1.57 bits per heavy atom. The highest BCUT2D eigenvalue weighted by molar-refractivity contribution is 7.80. The fourth-order valence-corrected chi connectivity index (χ4v) is 2.67. The van der Waals surface area contributed by atoms with Gasteiger partial charge in [0.25, 0.3) is 17.5 Å². The normalized spacial score (nSPS) is 15.2. The minimum absolute atomic E-state index is 0.00356. The van der Waals surface area contributed by atoms with Crippen molar-refractivity contribution in [3.63, 3.8) is 0 Å². The lowest BCUT2D eigenvalue weighted by molar-refractivity contribution is -0.384. The first kappa shape index (κ1) is 16.8. The third-order valence-electron chi connectivity index (χ3n) is 3.46. The molecule has 0 N–H and O–H groups in total. The van der Waals surface area contributed by atoms with Crippen molar-refractivity contribution in [1.29, 1.82) is 0 Å². The number of amides is 2. The number of nitrogens with zero attached hydrogens (tertiary/aromatic N) is 3. The van der Waals surface area contributed by atoms with Gasteiger partial charge in [0.1, 0.15) is 5.57 Å². The van der Waals surface area contributed by atoms with Crippen molar-refractivity contribution in [2.45, 2.75) is 13.8 Å². The van der Waals surface area contributed by atoms with Crippen LogP contribution in [0.4, 0.5) is 5.69 Å². The number of carbonyl (C=O) groups is 2. The topological polar surface area (TPSA) is 83.8 Å². The van der Waals surface area contributed by atoms with Crippen LogP contribution < -0.4 is 0 Å². The molecule has 0 radical (unpaired) electrons. The number of nitro benzene ring substituents is 1. The molecule has 0 spiro atoms. The maximum absolute atomic E-state index is 12.4. The summed E-state index contributed by atoms with van der Waals surface area (Å²) in [6.45, 7) is 4.27. The summed E-state index contributed by atoms with van der Waals surface area (Å²) in [7, 11) is 0. The van der Waals surface area contributed by atoms with E-state index >= 15 is 0 Å². The number of hydrogen-bond donors (Lipinski definition) is 0. The lowest BCUT2D eigenvalue weighted by Crippen LogP contribution is -2.55. The maximum atomic E-state index is 12.4. The van der Waals surface area contributed by atoms with Crippen LogP contribution in [0.5, 0.6) is 0 Å². The largest absolute Gasteiger partial charge is 0.285 e. The van der Waals surface area contributed by atoms with Crippen LogP contribution in [0.1, 0.15) is 19.4 Å². The molecule has 1 aliphatic heterocycles. The Bertz CT molecular complexity index is 684. The molecular weight excluding hydrogens is 318 g/mol. The molecule has 2 rings (SSSR count). The molecule has 1 saturated heterocycles. The van der Waals surface area contributed by atoms with Crippen LogP contribution in [0.15, 0.2) is 29.8 Å². The Balaban J connectivity index is 2.42. The van der Waals surface area contributed by atoms with Crippen LogP contribution in [0.25, 0.3) is 6.08 Å². The molecule has 1 heterocycles. The van der Waals surface area contributed by atoms with Crippen LogP contribution in [0.3, 0.4) is 0 Å². The number of likely N-dealkylation sites (N-methyl/N-ethyl adjacent to an activating group) is 2. The van der Waals surface area contributed by atoms with E-state index in [1.54, 1.807) is 13.8 Å². The zero-order valence-corrected chi connectivity index (χ0v) is 13.5. The molecule has 0 bridgehead atoms. The molecule has 0 unspecified atom stereocenters. The number of rotatable bonds is 4. The minimum atomic E-state index is -0.510. The summed E-state index contributed by atoms with van der Waals surface area (Å²) in [5, 5.41) is 10.9. The molecule has 1 fully saturated rings. The summed E-state index contributed by atoms with van der Waals surface area (Å²) in [4.78, 5) is 37.7. The predicted molar refractivity (Wildman–Crippen MR) is 88.4 cm³/mol. The van der Waals surface area contributed by atoms with Crippen molar-refractivity contribution in [3.8, 4) is 0 Å². The Labute approximate surface area is 138 Å². The number of hydrogen-bond acceptors (Lipinski definition) is 5. The summed E-state index contributed by atoms with van der Waals surface area (Å²) in [6, 6.07) is 5.63. The zero-order valence-electron chi connectivity index (χ0n) is 12.7. The molecule has 0 saturated carbocycles. The van der Waals surface area contributed by atoms with Crippen LogP contribution in [0, 0.1) is 10.1 Å². The van der Waals surface area contributed by atoms with Crippen LogP contribution in [0.2, 0.25) is 0 Å². The van der Waals surface area contributed by atoms with E-state index in [-0.39, 0.29) is 16.4 Å². The molecule has 7 nitrogen and oxygen atoms in total. The molecule has 1 aliphatic rings. The average molecular weight is 333 g/mol. The van der Waals surface area contributed by atoms with Crippen molar-refractivity contribution in [3.05, 3.63) is 45.5 Å². The number of carbonyl (C=O) groups excluding carboxylic acids is 2. The monoisotopic (exact) mass is 333 g/mol. The second kappa shape index (κ2) is 6.66. The second-order valence-electron chi connectivity index (χ2n) is 4.79. The number of non-ortho nitro benzene ring substituents is 1. The molecule has 8 heteroatoms. The van der Waals surface area contributed by atoms with Crippen molar-refractivity contribution in [2.75, 3.05) is 13.1 Å². The molecule has 0 aliphatic carbocycles. The summed E-state index contributed by atoms with van der Waals surface area (Å²) in [5.41, 5.74) is 0.475. The molecule has 0 atom stereocenters. The molecule has 2 amide bonds. The maximum Gasteiger partial charge on any atom is 0.269 e. The van der Waals surface area contributed by atoms with Gasteiger partial charge >= 0.3 is 0 Å². The zero-order chi connectivity index (χ0) is 17.1. The Morgan fingerprint density at radius 3 is 1.96 bits per heavy atom. The summed E-state index contributed by atoms with van der Waals surface area (Å²) in [6.07, 6.45) is 1.43. The second-order valence-corrected chi connectivity index (χ2v) is 5.15. The molecule has 120 valence electrons. The van der Waals surface area contributed by atoms with Gasteiger partial charge < -0.3 is 0 Å². The smallest absolute Gasteiger partial charge is 0.269 e. The third-order valence-corrected chi connectivity index (χ3v) is 3.90. The molecular formula is C15H15N3O4S. The number of thiocarbonyl (C=S) groups is 1. The Hall–Kier alpha value is -2.61. The lowest BCUT2D eigenvalue weighted by Gasteiger charge is -2.35. The molecule has 1 aromatic rings. The van der Waals surface area contributed by atoms with Gasteiger partial charge in [-0.15, -0.1) is 0 Å². The number of benzene rings is 1. The first-order valence-electron chi connectivity index (χ1n) is 7.04. The van der Waals surface area contributed by atoms with Gasteiger partial charge in [0.2, 0.25) is 0 Å². The van der Waals surface area contributed by atoms with Crippen molar-refractivity contribution >= 4 is 40.9 Å². The standard InChI is InChI=1S/C15H15N3O4S/c1-3-16-13(19)12(14(20)17(4-2)15(16)23)9-10-5-7-11(8-6-10)18(21)22/h5-9H,3-4H2,1-2H3. The van der Waals surface area contributed by atoms with E-state index in [0.29, 0.717) is 18.7 Å². The van der Waals surface area contributed by atoms with E-state index in [1.165, 1.54) is 40.1 Å². The van der Waals surface area contributed by atoms with E-state index in [1.807, 2.05) is 0 Å². The average Bonchev–Trinajstić information content (AvgIpc) is 2.53. The van der Waals surface area contributed by atoms with Gasteiger partial charge in [-0.2, -0.15) is 0 Å². The highest BCUT2D eigenvalue weighted by Gasteiger charge is 2.37. The quantitative estimate of drug-likeness (QED) is 0.276. The van der Waals surface area contributed by atoms with Crippen LogP contribution >= 0.6 is 12.2 Å². The summed E-state index contributed by atoms with van der Waals surface area (Å²) < 4.78 is 0. The van der Waals surface area contributed by atoms with Crippen molar-refractivity contribution in [1.82, 2.24) is 9.80 Å². The van der Waals surface area contributed by atoms with Gasteiger partial charge in [-0.1, -0.05) is 0 Å². The van der Waals surface area contributed by atoms with E-state index < -0.39 is 16.7 Å². The molecule has 23 heavy (non-hydrogen) atoms. The van der Waals surface area contributed by atoms with E-state index in [2.05, 4.69) is 0 Å². The van der Waals surface area contributed by atoms with Crippen molar-refractivity contribution in [2.24, 2.45) is 0 Å². The Morgan fingerprint density at radius 1 is 1.09 bits per heavy atom. The van der Waals surface area contributed by atoms with E-state index in [0.717, 1.165) is 0 Å². The first-order valence-corrected chi connectivity index (χ1v) is 7.45. The van der Waals surface area contributed by atoms with Crippen LogP contribution in [-0.4, -0.2) is 44.7 Å². The van der Waals surface area contributed by atoms with E-state index in [4.69, 9.17) is 12.2 Å². The van der Waals surface area contributed by atoms with Crippen LogP contribution in [-0.2, 0) is 9.59 Å². The predicted octanol–water partition coefficient (Wildman–Crippen LogP) is 1.97. The number of nitro groups is 1. The van der Waals surface area contributed by atoms with E-state index in [9.17, 15) is 19.7 Å². The fourth-order valence-electron chi connectivity index (χ4n) is 2.24. The first-order chi connectivity index (χ1) is 10.9. The molecule has 0 aromatic heterocycles. The third kappa shape index (κ3) is 3.11. The van der Waals surface area contributed by atoms with Gasteiger partial charge in [-0.25, -0.2) is 0 Å². The van der Waals surface area contributed by atoms with Gasteiger partial charge in [0.05, 0.1) is 4.92 Å². The SMILES string of the molecule is CCN1C(=O)C(=Cc2ccc([N+](=O)[O-])cc2)C(=O)N(CC)C1=S. The highest BCUT2D eigenvalue weighted by atomic mass is 32.1. The minimum Gasteiger partial charge on any atom is -0.285 e. The Kier molecular flexibility index (Phi) is 4.85. The van der Waals surface area contributed by atoms with Gasteiger partial charge in [-0.05, 0) is 49.8 Å². The summed E-state index contributed by atoms with van der Waals surface area (Å²) in [5.74, 6) is -0.906.